The van der Waals surface area contributed by atoms with Gasteiger partial charge in [0.1, 0.15) is 12.1 Å². The SMILES string of the molecule is CCC[C@@H](C(=O)N[C@@H](C[C@@H]1CC(C)(C)NC1=O)C(=O)C(=O)NC1CC1)N(C)C(=O)[C@H](NC(=O)C(C)(C)C)C1CCCC1. The van der Waals surface area contributed by atoms with Crippen molar-refractivity contribution in [3.8, 4) is 0 Å². The molecule has 3 rings (SSSR count). The molecule has 1 aliphatic heterocycles. The third kappa shape index (κ3) is 8.77. The molecule has 0 spiro atoms. The van der Waals surface area contributed by atoms with Crippen LogP contribution in [-0.2, 0) is 28.8 Å². The average Bonchev–Trinajstić information content (AvgIpc) is 3.45. The minimum Gasteiger partial charge on any atom is -0.351 e. The van der Waals surface area contributed by atoms with E-state index in [9.17, 15) is 28.8 Å². The fraction of sp³-hybridized carbons (Fsp3) is 0.806. The number of nitrogens with zero attached hydrogens (tertiary/aromatic N) is 1. The molecule has 0 radical (unpaired) electrons. The van der Waals surface area contributed by atoms with Crippen molar-refractivity contribution in [1.29, 1.82) is 0 Å². The molecular formula is C31H51N5O6. The summed E-state index contributed by atoms with van der Waals surface area (Å²) in [6.45, 7) is 11.0. The first kappa shape index (κ1) is 33.5. The number of likely N-dealkylation sites (N-methyl/N-ethyl adjacent to an activating group) is 1. The number of hydrogen-bond donors (Lipinski definition) is 4. The van der Waals surface area contributed by atoms with Gasteiger partial charge >= 0.3 is 0 Å². The van der Waals surface area contributed by atoms with Crippen molar-refractivity contribution in [2.24, 2.45) is 17.3 Å². The summed E-state index contributed by atoms with van der Waals surface area (Å²) in [6.07, 6.45) is 6.52. The Morgan fingerprint density at radius 1 is 1.02 bits per heavy atom. The van der Waals surface area contributed by atoms with Gasteiger partial charge in [0.2, 0.25) is 29.4 Å². The van der Waals surface area contributed by atoms with Gasteiger partial charge < -0.3 is 26.2 Å². The normalized spacial score (nSPS) is 22.5. The smallest absolute Gasteiger partial charge is 0.289 e. The fourth-order valence-corrected chi connectivity index (χ4v) is 5.99. The molecule has 2 aliphatic carbocycles. The van der Waals surface area contributed by atoms with Gasteiger partial charge in [-0.25, -0.2) is 0 Å². The predicted octanol–water partition coefficient (Wildman–Crippen LogP) is 1.97. The van der Waals surface area contributed by atoms with Crippen LogP contribution in [0.3, 0.4) is 0 Å². The summed E-state index contributed by atoms with van der Waals surface area (Å²) in [7, 11) is 1.55. The maximum absolute atomic E-state index is 13.9. The maximum Gasteiger partial charge on any atom is 0.289 e. The minimum atomic E-state index is -1.21. The Labute approximate surface area is 250 Å². The Kier molecular flexibility index (Phi) is 10.8. The van der Waals surface area contributed by atoms with Crippen LogP contribution in [0.4, 0.5) is 0 Å². The summed E-state index contributed by atoms with van der Waals surface area (Å²) in [5.74, 6) is -3.51. The van der Waals surface area contributed by atoms with E-state index in [0.717, 1.165) is 38.5 Å². The zero-order valence-corrected chi connectivity index (χ0v) is 26.4. The van der Waals surface area contributed by atoms with Crippen LogP contribution in [0.25, 0.3) is 0 Å². The van der Waals surface area contributed by atoms with Crippen molar-refractivity contribution >= 4 is 35.3 Å². The molecule has 0 bridgehead atoms. The molecule has 3 aliphatic rings. The first-order chi connectivity index (χ1) is 19.5. The first-order valence-electron chi connectivity index (χ1n) is 15.6. The van der Waals surface area contributed by atoms with Gasteiger partial charge in [0.05, 0.1) is 6.04 Å². The van der Waals surface area contributed by atoms with Crippen LogP contribution in [-0.4, -0.2) is 77.0 Å². The van der Waals surface area contributed by atoms with E-state index in [4.69, 9.17) is 0 Å². The number of nitrogens with one attached hydrogen (secondary N) is 4. The number of Topliss-reactive ketones (excluding diaryl/α,β-unsaturated/α-hetero) is 1. The number of hydrogen-bond acceptors (Lipinski definition) is 6. The van der Waals surface area contributed by atoms with Gasteiger partial charge in [-0.1, -0.05) is 47.0 Å². The summed E-state index contributed by atoms with van der Waals surface area (Å²) in [5, 5.41) is 11.3. The highest BCUT2D eigenvalue weighted by atomic mass is 16.2. The molecule has 0 aromatic rings. The van der Waals surface area contributed by atoms with E-state index in [1.54, 1.807) is 27.8 Å². The molecule has 0 unspecified atom stereocenters. The quantitative estimate of drug-likeness (QED) is 0.241. The zero-order valence-electron chi connectivity index (χ0n) is 26.4. The van der Waals surface area contributed by atoms with Gasteiger partial charge in [0.25, 0.3) is 5.91 Å². The molecule has 236 valence electrons. The van der Waals surface area contributed by atoms with E-state index >= 15 is 0 Å². The molecule has 0 aromatic heterocycles. The number of carbonyl (C=O) groups is 6. The molecule has 5 amide bonds. The Hall–Kier alpha value is -2.98. The predicted molar refractivity (Wildman–Crippen MR) is 158 cm³/mol. The van der Waals surface area contributed by atoms with E-state index in [2.05, 4.69) is 21.3 Å². The third-order valence-corrected chi connectivity index (χ3v) is 8.66. The Morgan fingerprint density at radius 3 is 2.14 bits per heavy atom. The minimum absolute atomic E-state index is 0.0131. The molecule has 42 heavy (non-hydrogen) atoms. The van der Waals surface area contributed by atoms with E-state index in [1.165, 1.54) is 4.90 Å². The second-order valence-electron chi connectivity index (χ2n) is 14.2. The largest absolute Gasteiger partial charge is 0.351 e. The van der Waals surface area contributed by atoms with Crippen LogP contribution in [0.2, 0.25) is 0 Å². The summed E-state index contributed by atoms with van der Waals surface area (Å²) in [6, 6.07) is -2.94. The third-order valence-electron chi connectivity index (χ3n) is 8.66. The highest BCUT2D eigenvalue weighted by Gasteiger charge is 2.43. The fourth-order valence-electron chi connectivity index (χ4n) is 5.99. The van der Waals surface area contributed by atoms with Crippen LogP contribution in [0.15, 0.2) is 0 Å². The molecule has 2 saturated carbocycles. The molecule has 3 fully saturated rings. The van der Waals surface area contributed by atoms with Crippen LogP contribution < -0.4 is 21.3 Å². The van der Waals surface area contributed by atoms with Crippen LogP contribution in [0.1, 0.15) is 106 Å². The van der Waals surface area contributed by atoms with Gasteiger partial charge in [-0.2, -0.15) is 0 Å². The van der Waals surface area contributed by atoms with Crippen molar-refractivity contribution < 1.29 is 28.8 Å². The van der Waals surface area contributed by atoms with Crippen molar-refractivity contribution in [3.05, 3.63) is 0 Å². The molecule has 4 atom stereocenters. The highest BCUT2D eigenvalue weighted by Crippen LogP contribution is 2.31. The van der Waals surface area contributed by atoms with E-state index in [1.807, 2.05) is 20.8 Å². The summed E-state index contributed by atoms with van der Waals surface area (Å²) < 4.78 is 0. The van der Waals surface area contributed by atoms with Crippen molar-refractivity contribution in [1.82, 2.24) is 26.2 Å². The van der Waals surface area contributed by atoms with Crippen molar-refractivity contribution in [3.63, 3.8) is 0 Å². The lowest BCUT2D eigenvalue weighted by atomic mass is 9.89. The molecule has 11 nitrogen and oxygen atoms in total. The second kappa shape index (κ2) is 13.5. The first-order valence-corrected chi connectivity index (χ1v) is 15.6. The molecule has 4 N–H and O–H groups in total. The lowest BCUT2D eigenvalue weighted by Crippen LogP contribution is -2.59. The van der Waals surface area contributed by atoms with E-state index in [-0.39, 0.29) is 36.1 Å². The Bertz CT molecular complexity index is 1060. The van der Waals surface area contributed by atoms with Crippen LogP contribution >= 0.6 is 0 Å². The Morgan fingerprint density at radius 2 is 1.64 bits per heavy atom. The van der Waals surface area contributed by atoms with Gasteiger partial charge in [-0.05, 0) is 64.7 Å². The average molecular weight is 590 g/mol. The van der Waals surface area contributed by atoms with Crippen LogP contribution in [0, 0.1) is 17.3 Å². The Balaban J connectivity index is 1.81. The van der Waals surface area contributed by atoms with Gasteiger partial charge in [0, 0.05) is 30.0 Å². The van der Waals surface area contributed by atoms with E-state index in [0.29, 0.717) is 19.3 Å². The van der Waals surface area contributed by atoms with Gasteiger partial charge in [0.15, 0.2) is 0 Å². The zero-order chi connectivity index (χ0) is 31.4. The van der Waals surface area contributed by atoms with Crippen molar-refractivity contribution in [2.75, 3.05) is 7.05 Å². The standard InChI is InChI=1S/C31H51N5O6/c1-8-11-22(36(7)28(41)23(18-12-9-10-13-18)34-29(42)30(2,3)4)26(39)33-21(24(37)27(40)32-20-14-15-20)16-19-17-31(5,6)35-25(19)38/h18-23H,8-17H2,1-7H3,(H,32,40)(H,33,39)(H,34,42)(H,35,38)/t19-,21+,22+,23-/m1/s1. The molecule has 1 heterocycles. The molecule has 11 heteroatoms. The lowest BCUT2D eigenvalue weighted by Gasteiger charge is -2.35. The second-order valence-corrected chi connectivity index (χ2v) is 14.2. The number of rotatable bonds is 13. The lowest BCUT2D eigenvalue weighted by molar-refractivity contribution is -0.145. The van der Waals surface area contributed by atoms with E-state index < -0.39 is 52.6 Å². The van der Waals surface area contributed by atoms with Gasteiger partial charge in [-0.15, -0.1) is 0 Å². The topological polar surface area (TPSA) is 154 Å². The molecular weight excluding hydrogens is 538 g/mol. The summed E-state index contributed by atoms with van der Waals surface area (Å²) >= 11 is 0. The highest BCUT2D eigenvalue weighted by molar-refractivity contribution is 6.38. The van der Waals surface area contributed by atoms with Crippen molar-refractivity contribution in [2.45, 2.75) is 135 Å². The number of ketones is 1. The van der Waals surface area contributed by atoms with Gasteiger partial charge in [-0.3, -0.25) is 28.8 Å². The van der Waals surface area contributed by atoms with Crippen LogP contribution in [0.5, 0.6) is 0 Å². The molecule has 0 aromatic carbocycles. The number of carbonyl (C=O) groups excluding carboxylic acids is 6. The monoisotopic (exact) mass is 589 g/mol. The molecule has 1 saturated heterocycles. The number of amides is 5. The summed E-state index contributed by atoms with van der Waals surface area (Å²) in [4.78, 5) is 80.7. The summed E-state index contributed by atoms with van der Waals surface area (Å²) in [5.41, 5.74) is -1.15. The maximum atomic E-state index is 13.9.